The minimum Gasteiger partial charge on any atom is -0.415 e. The fourth-order valence-corrected chi connectivity index (χ4v) is 2.94. The number of aromatic nitrogens is 4. The Morgan fingerprint density at radius 3 is 2.71 bits per heavy atom. The molecule has 0 spiro atoms. The Morgan fingerprint density at radius 2 is 1.90 bits per heavy atom. The summed E-state index contributed by atoms with van der Waals surface area (Å²) in [6, 6.07) is 5.94. The van der Waals surface area contributed by atoms with E-state index in [4.69, 9.17) is 4.42 Å². The number of aryl methyl sites for hydroxylation is 1. The number of rotatable bonds is 2. The van der Waals surface area contributed by atoms with Crippen LogP contribution in [0.25, 0.3) is 28.0 Å². The van der Waals surface area contributed by atoms with E-state index in [2.05, 4.69) is 15.2 Å². The van der Waals surface area contributed by atoms with Crippen LogP contribution in [0.4, 0.5) is 4.39 Å². The van der Waals surface area contributed by atoms with Crippen LogP contribution in [0.1, 0.15) is 5.69 Å². The first kappa shape index (κ1) is 12.2. The average Bonchev–Trinajstić information content (AvgIpc) is 3.15. The van der Waals surface area contributed by atoms with Crippen LogP contribution in [-0.2, 0) is 0 Å². The summed E-state index contributed by atoms with van der Waals surface area (Å²) in [4.78, 5) is 5.33. The van der Waals surface area contributed by atoms with Crippen molar-refractivity contribution in [2.75, 3.05) is 0 Å². The second-order valence-electron chi connectivity index (χ2n) is 4.52. The summed E-state index contributed by atoms with van der Waals surface area (Å²) in [5, 5.41) is 10.1. The second kappa shape index (κ2) is 4.49. The van der Waals surface area contributed by atoms with Gasteiger partial charge in [-0.05, 0) is 31.2 Å². The third-order valence-corrected chi connectivity index (χ3v) is 3.91. The van der Waals surface area contributed by atoms with E-state index < -0.39 is 0 Å². The Bertz CT molecular complexity index is 922. The molecule has 0 fully saturated rings. The standard InChI is InChI=1S/C14H9FN4OS/c1-8-11(19-6-7-21-14(19)16-8)13-18-17-12(20-13)9-2-4-10(15)5-3-9/h2-7H,1H3. The molecule has 0 aliphatic rings. The number of benzene rings is 1. The summed E-state index contributed by atoms with van der Waals surface area (Å²) < 4.78 is 20.6. The van der Waals surface area contributed by atoms with Crippen molar-refractivity contribution in [3.63, 3.8) is 0 Å². The Balaban J connectivity index is 1.82. The van der Waals surface area contributed by atoms with Crippen LogP contribution in [0.5, 0.6) is 0 Å². The lowest BCUT2D eigenvalue weighted by molar-refractivity contribution is 0.580. The summed E-state index contributed by atoms with van der Waals surface area (Å²) in [7, 11) is 0. The minimum absolute atomic E-state index is 0.301. The predicted molar refractivity (Wildman–Crippen MR) is 76.5 cm³/mol. The van der Waals surface area contributed by atoms with E-state index in [1.54, 1.807) is 23.5 Å². The molecule has 0 aliphatic carbocycles. The molecule has 1 aromatic carbocycles. The van der Waals surface area contributed by atoms with Crippen LogP contribution in [-0.4, -0.2) is 19.6 Å². The first-order chi connectivity index (χ1) is 10.2. The van der Waals surface area contributed by atoms with Gasteiger partial charge in [0, 0.05) is 17.1 Å². The van der Waals surface area contributed by atoms with Crippen LogP contribution in [0.2, 0.25) is 0 Å². The molecule has 3 aromatic heterocycles. The Morgan fingerprint density at radius 1 is 1.14 bits per heavy atom. The maximum absolute atomic E-state index is 12.9. The first-order valence-electron chi connectivity index (χ1n) is 6.24. The van der Waals surface area contributed by atoms with Gasteiger partial charge in [0.1, 0.15) is 11.5 Å². The highest BCUT2D eigenvalue weighted by Gasteiger charge is 2.18. The third kappa shape index (κ3) is 1.93. The highest BCUT2D eigenvalue weighted by atomic mass is 32.1. The van der Waals surface area contributed by atoms with Crippen LogP contribution in [0.15, 0.2) is 40.3 Å². The topological polar surface area (TPSA) is 56.2 Å². The summed E-state index contributed by atoms with van der Waals surface area (Å²) in [6.07, 6.45) is 1.91. The lowest BCUT2D eigenvalue weighted by Crippen LogP contribution is -1.86. The smallest absolute Gasteiger partial charge is 0.266 e. The number of thiazole rings is 1. The molecule has 21 heavy (non-hydrogen) atoms. The summed E-state index contributed by atoms with van der Waals surface area (Å²) in [5.74, 6) is 0.456. The van der Waals surface area contributed by atoms with E-state index in [0.29, 0.717) is 17.3 Å². The summed E-state index contributed by atoms with van der Waals surface area (Å²) in [6.45, 7) is 1.90. The van der Waals surface area contributed by atoms with Crippen LogP contribution >= 0.6 is 11.3 Å². The molecule has 4 aromatic rings. The monoisotopic (exact) mass is 300 g/mol. The Hall–Kier alpha value is -2.54. The SMILES string of the molecule is Cc1nc2sccn2c1-c1nnc(-c2ccc(F)cc2)o1. The van der Waals surface area contributed by atoms with Gasteiger partial charge in [0.15, 0.2) is 4.96 Å². The van der Waals surface area contributed by atoms with Gasteiger partial charge in [-0.1, -0.05) is 0 Å². The largest absolute Gasteiger partial charge is 0.415 e. The number of halogens is 1. The van der Waals surface area contributed by atoms with Gasteiger partial charge in [-0.2, -0.15) is 0 Å². The molecule has 0 radical (unpaired) electrons. The quantitative estimate of drug-likeness (QED) is 0.568. The maximum atomic E-state index is 12.9. The maximum Gasteiger partial charge on any atom is 0.266 e. The molecule has 104 valence electrons. The van der Waals surface area contributed by atoms with Gasteiger partial charge in [-0.25, -0.2) is 9.37 Å². The van der Waals surface area contributed by atoms with Crippen molar-refractivity contribution in [3.05, 3.63) is 47.4 Å². The molecule has 0 N–H and O–H groups in total. The predicted octanol–water partition coefficient (Wildman–Crippen LogP) is 3.56. The van der Waals surface area contributed by atoms with Gasteiger partial charge in [-0.15, -0.1) is 21.5 Å². The third-order valence-electron chi connectivity index (χ3n) is 3.16. The Labute approximate surface area is 122 Å². The fraction of sp³-hybridized carbons (Fsp3) is 0.0714. The molecular formula is C14H9FN4OS. The molecule has 0 unspecified atom stereocenters. The highest BCUT2D eigenvalue weighted by Crippen LogP contribution is 2.28. The molecule has 3 heterocycles. The van der Waals surface area contributed by atoms with Crippen molar-refractivity contribution >= 4 is 16.3 Å². The lowest BCUT2D eigenvalue weighted by Gasteiger charge is -1.95. The normalized spacial score (nSPS) is 11.3. The van der Waals surface area contributed by atoms with E-state index in [9.17, 15) is 4.39 Å². The number of fused-ring (bicyclic) bond motifs is 1. The molecule has 0 atom stereocenters. The van der Waals surface area contributed by atoms with Gasteiger partial charge in [-0.3, -0.25) is 4.40 Å². The van der Waals surface area contributed by atoms with Crippen molar-refractivity contribution < 1.29 is 8.81 Å². The molecule has 0 saturated heterocycles. The summed E-state index contributed by atoms with van der Waals surface area (Å²) in [5.41, 5.74) is 2.29. The van der Waals surface area contributed by atoms with Crippen molar-refractivity contribution in [1.29, 1.82) is 0 Å². The zero-order valence-corrected chi connectivity index (χ0v) is 11.8. The molecular weight excluding hydrogens is 291 g/mol. The molecule has 0 amide bonds. The molecule has 0 aliphatic heterocycles. The second-order valence-corrected chi connectivity index (χ2v) is 5.39. The number of nitrogens with zero attached hydrogens (tertiary/aromatic N) is 4. The highest BCUT2D eigenvalue weighted by molar-refractivity contribution is 7.15. The van der Waals surface area contributed by atoms with Crippen molar-refractivity contribution in [3.8, 4) is 23.0 Å². The fourth-order valence-electron chi connectivity index (χ4n) is 2.18. The molecule has 0 saturated carbocycles. The van der Waals surface area contributed by atoms with E-state index in [0.717, 1.165) is 16.3 Å². The van der Waals surface area contributed by atoms with Gasteiger partial charge in [0.25, 0.3) is 5.89 Å². The molecule has 0 bridgehead atoms. The van der Waals surface area contributed by atoms with Gasteiger partial charge in [0.05, 0.1) is 5.69 Å². The zero-order chi connectivity index (χ0) is 14.4. The van der Waals surface area contributed by atoms with Crippen LogP contribution < -0.4 is 0 Å². The van der Waals surface area contributed by atoms with Crippen LogP contribution in [0, 0.1) is 12.7 Å². The van der Waals surface area contributed by atoms with Crippen molar-refractivity contribution in [1.82, 2.24) is 19.6 Å². The van der Waals surface area contributed by atoms with Gasteiger partial charge in [0.2, 0.25) is 5.89 Å². The van der Waals surface area contributed by atoms with E-state index >= 15 is 0 Å². The molecule has 5 nitrogen and oxygen atoms in total. The van der Waals surface area contributed by atoms with Gasteiger partial charge < -0.3 is 4.42 Å². The van der Waals surface area contributed by atoms with Gasteiger partial charge >= 0.3 is 0 Å². The van der Waals surface area contributed by atoms with Crippen molar-refractivity contribution in [2.24, 2.45) is 0 Å². The lowest BCUT2D eigenvalue weighted by atomic mass is 10.2. The number of imidazole rings is 1. The van der Waals surface area contributed by atoms with E-state index in [-0.39, 0.29) is 5.82 Å². The zero-order valence-electron chi connectivity index (χ0n) is 10.9. The number of hydrogen-bond donors (Lipinski definition) is 0. The molecule has 7 heteroatoms. The van der Waals surface area contributed by atoms with E-state index in [1.165, 1.54) is 12.1 Å². The summed E-state index contributed by atoms with van der Waals surface area (Å²) >= 11 is 1.54. The average molecular weight is 300 g/mol. The molecule has 4 rings (SSSR count). The van der Waals surface area contributed by atoms with Crippen molar-refractivity contribution in [2.45, 2.75) is 6.92 Å². The number of hydrogen-bond acceptors (Lipinski definition) is 5. The Kier molecular flexibility index (Phi) is 2.61. The minimum atomic E-state index is -0.301. The first-order valence-corrected chi connectivity index (χ1v) is 7.12. The van der Waals surface area contributed by atoms with E-state index in [1.807, 2.05) is 22.9 Å². The van der Waals surface area contributed by atoms with Crippen LogP contribution in [0.3, 0.4) is 0 Å².